The van der Waals surface area contributed by atoms with Gasteiger partial charge >= 0.3 is 0 Å². The van der Waals surface area contributed by atoms with Crippen molar-refractivity contribution in [2.45, 2.75) is 51.2 Å². The summed E-state index contributed by atoms with van der Waals surface area (Å²) in [7, 11) is 1.83. The summed E-state index contributed by atoms with van der Waals surface area (Å²) in [5.74, 6) is 0.774. The van der Waals surface area contributed by atoms with Gasteiger partial charge in [-0.25, -0.2) is 4.98 Å². The number of aryl methyl sites for hydroxylation is 1. The van der Waals surface area contributed by atoms with Crippen LogP contribution in [0.4, 0.5) is 0 Å². The molecule has 0 bridgehead atoms. The van der Waals surface area contributed by atoms with Gasteiger partial charge in [-0.05, 0) is 19.8 Å². The van der Waals surface area contributed by atoms with Crippen LogP contribution in [0.1, 0.15) is 38.4 Å². The average molecular weight is 251 g/mol. The van der Waals surface area contributed by atoms with Crippen LogP contribution < -0.4 is 10.6 Å². The molecule has 0 aliphatic heterocycles. The largest absolute Gasteiger partial charge is 0.352 e. The molecule has 1 amide bonds. The lowest BCUT2D eigenvalue weighted by molar-refractivity contribution is -0.123. The molecule has 2 N–H and O–H groups in total. The Hall–Kier alpha value is -1.43. The van der Waals surface area contributed by atoms with Crippen molar-refractivity contribution in [1.82, 2.24) is 25.4 Å². The lowest BCUT2D eigenvalue weighted by atomic mass is 10.2. The quantitative estimate of drug-likeness (QED) is 0.792. The first-order valence-electron chi connectivity index (χ1n) is 6.53. The zero-order valence-electron chi connectivity index (χ0n) is 11.0. The molecular formula is C12H21N5O. The van der Waals surface area contributed by atoms with E-state index in [0.717, 1.165) is 12.8 Å². The summed E-state index contributed by atoms with van der Waals surface area (Å²) in [5.41, 5.74) is 0. The predicted molar refractivity (Wildman–Crippen MR) is 67.7 cm³/mol. The first kappa shape index (κ1) is 13.0. The van der Waals surface area contributed by atoms with Gasteiger partial charge in [0.2, 0.25) is 5.91 Å². The van der Waals surface area contributed by atoms with Crippen molar-refractivity contribution in [3.63, 3.8) is 0 Å². The molecule has 1 aromatic rings. The van der Waals surface area contributed by atoms with Gasteiger partial charge in [-0.1, -0.05) is 12.8 Å². The Kier molecular flexibility index (Phi) is 4.30. The van der Waals surface area contributed by atoms with Gasteiger partial charge in [0.25, 0.3) is 0 Å². The minimum atomic E-state index is -0.214. The van der Waals surface area contributed by atoms with Crippen LogP contribution in [0.25, 0.3) is 0 Å². The number of nitrogens with one attached hydrogen (secondary N) is 2. The zero-order chi connectivity index (χ0) is 13.0. The second kappa shape index (κ2) is 5.95. The molecule has 0 saturated heterocycles. The zero-order valence-corrected chi connectivity index (χ0v) is 11.0. The molecule has 1 unspecified atom stereocenters. The van der Waals surface area contributed by atoms with E-state index >= 15 is 0 Å². The molecule has 0 spiro atoms. The molecule has 1 saturated carbocycles. The summed E-state index contributed by atoms with van der Waals surface area (Å²) >= 11 is 0. The monoisotopic (exact) mass is 251 g/mol. The fourth-order valence-corrected chi connectivity index (χ4v) is 2.20. The third-order valence-corrected chi connectivity index (χ3v) is 3.31. The van der Waals surface area contributed by atoms with Crippen molar-refractivity contribution >= 4 is 5.91 Å². The molecule has 2 rings (SSSR count). The number of aromatic nitrogens is 3. The van der Waals surface area contributed by atoms with Gasteiger partial charge in [0, 0.05) is 13.1 Å². The lowest BCUT2D eigenvalue weighted by Crippen LogP contribution is -2.45. The maximum atomic E-state index is 11.9. The van der Waals surface area contributed by atoms with E-state index in [1.807, 2.05) is 14.0 Å². The SMILES string of the molecule is CC(NCc1ncn(C)n1)C(=O)NC1CCCC1. The molecule has 6 heteroatoms. The van der Waals surface area contributed by atoms with Gasteiger partial charge in [0.15, 0.2) is 5.82 Å². The van der Waals surface area contributed by atoms with Crippen LogP contribution in [-0.2, 0) is 18.4 Å². The fourth-order valence-electron chi connectivity index (χ4n) is 2.20. The van der Waals surface area contributed by atoms with Gasteiger partial charge in [-0.15, -0.1) is 0 Å². The Labute approximate surface area is 107 Å². The van der Waals surface area contributed by atoms with Crippen molar-refractivity contribution in [2.75, 3.05) is 0 Å². The van der Waals surface area contributed by atoms with Gasteiger partial charge in [-0.3, -0.25) is 14.8 Å². The Balaban J connectivity index is 1.73. The molecule has 18 heavy (non-hydrogen) atoms. The number of carbonyl (C=O) groups is 1. The molecule has 0 radical (unpaired) electrons. The maximum absolute atomic E-state index is 11.9. The summed E-state index contributed by atoms with van der Waals surface area (Å²) in [5, 5.41) is 10.4. The Morgan fingerprint density at radius 2 is 2.28 bits per heavy atom. The second-order valence-corrected chi connectivity index (χ2v) is 4.93. The number of hydrogen-bond donors (Lipinski definition) is 2. The van der Waals surface area contributed by atoms with Gasteiger partial charge in [0.05, 0.1) is 12.6 Å². The van der Waals surface area contributed by atoms with E-state index in [1.165, 1.54) is 12.8 Å². The van der Waals surface area contributed by atoms with Gasteiger partial charge < -0.3 is 5.32 Å². The van der Waals surface area contributed by atoms with E-state index < -0.39 is 0 Å². The van der Waals surface area contributed by atoms with Crippen LogP contribution in [0.3, 0.4) is 0 Å². The van der Waals surface area contributed by atoms with Crippen LogP contribution in [0.5, 0.6) is 0 Å². The van der Waals surface area contributed by atoms with Crippen LogP contribution in [-0.4, -0.2) is 32.8 Å². The van der Waals surface area contributed by atoms with Crippen molar-refractivity contribution in [2.24, 2.45) is 7.05 Å². The van der Waals surface area contributed by atoms with Crippen LogP contribution in [0.15, 0.2) is 6.33 Å². The van der Waals surface area contributed by atoms with E-state index in [9.17, 15) is 4.79 Å². The summed E-state index contributed by atoms with van der Waals surface area (Å²) < 4.78 is 1.65. The lowest BCUT2D eigenvalue weighted by Gasteiger charge is -2.17. The number of nitrogens with zero attached hydrogens (tertiary/aromatic N) is 3. The van der Waals surface area contributed by atoms with Gasteiger partial charge in [-0.2, -0.15) is 5.10 Å². The van der Waals surface area contributed by atoms with Crippen molar-refractivity contribution in [3.8, 4) is 0 Å². The maximum Gasteiger partial charge on any atom is 0.237 e. The van der Waals surface area contributed by atoms with Crippen molar-refractivity contribution in [3.05, 3.63) is 12.2 Å². The standard InChI is InChI=1S/C12H21N5O/c1-9(12(18)15-10-5-3-4-6-10)13-7-11-14-8-17(2)16-11/h8-10,13H,3-7H2,1-2H3,(H,15,18). The first-order chi connectivity index (χ1) is 8.65. The Bertz CT molecular complexity index is 397. The highest BCUT2D eigenvalue weighted by Gasteiger charge is 2.20. The summed E-state index contributed by atoms with van der Waals surface area (Å²) in [6.45, 7) is 2.38. The third kappa shape index (κ3) is 3.53. The summed E-state index contributed by atoms with van der Waals surface area (Å²) in [6.07, 6.45) is 6.33. The van der Waals surface area contributed by atoms with Crippen molar-refractivity contribution < 1.29 is 4.79 Å². The van der Waals surface area contributed by atoms with Crippen LogP contribution >= 0.6 is 0 Å². The fraction of sp³-hybridized carbons (Fsp3) is 0.750. The number of carbonyl (C=O) groups excluding carboxylic acids is 1. The molecule has 1 aliphatic rings. The van der Waals surface area contributed by atoms with Crippen molar-refractivity contribution in [1.29, 1.82) is 0 Å². The topological polar surface area (TPSA) is 71.8 Å². The van der Waals surface area contributed by atoms with E-state index in [0.29, 0.717) is 18.4 Å². The number of rotatable bonds is 5. The minimum Gasteiger partial charge on any atom is -0.352 e. The highest BCUT2D eigenvalue weighted by Crippen LogP contribution is 2.17. The molecular weight excluding hydrogens is 230 g/mol. The number of amides is 1. The average Bonchev–Trinajstić information content (AvgIpc) is 2.97. The van der Waals surface area contributed by atoms with Crippen LogP contribution in [0.2, 0.25) is 0 Å². The highest BCUT2D eigenvalue weighted by molar-refractivity contribution is 5.81. The van der Waals surface area contributed by atoms with E-state index in [4.69, 9.17) is 0 Å². The third-order valence-electron chi connectivity index (χ3n) is 3.31. The highest BCUT2D eigenvalue weighted by atomic mass is 16.2. The molecule has 100 valence electrons. The van der Waals surface area contributed by atoms with Gasteiger partial charge in [0.1, 0.15) is 6.33 Å². The summed E-state index contributed by atoms with van der Waals surface area (Å²) in [4.78, 5) is 16.0. The second-order valence-electron chi connectivity index (χ2n) is 4.93. The van der Waals surface area contributed by atoms with E-state index in [1.54, 1.807) is 11.0 Å². The molecule has 1 atom stereocenters. The molecule has 0 aromatic carbocycles. The normalized spacial score (nSPS) is 17.9. The predicted octanol–water partition coefficient (Wildman–Crippen LogP) is 0.352. The molecule has 6 nitrogen and oxygen atoms in total. The Morgan fingerprint density at radius 3 is 2.89 bits per heavy atom. The Morgan fingerprint density at radius 1 is 1.56 bits per heavy atom. The first-order valence-corrected chi connectivity index (χ1v) is 6.53. The van der Waals surface area contributed by atoms with Crippen LogP contribution in [0, 0.1) is 0 Å². The molecule has 1 heterocycles. The smallest absolute Gasteiger partial charge is 0.237 e. The number of hydrogen-bond acceptors (Lipinski definition) is 4. The molecule has 1 aliphatic carbocycles. The molecule has 1 fully saturated rings. The van der Waals surface area contributed by atoms with E-state index in [-0.39, 0.29) is 11.9 Å². The molecule has 1 aromatic heterocycles. The summed E-state index contributed by atoms with van der Waals surface area (Å²) in [6, 6.07) is 0.157. The minimum absolute atomic E-state index is 0.0674. The van der Waals surface area contributed by atoms with E-state index in [2.05, 4.69) is 20.7 Å².